The number of rotatable bonds is 8. The summed E-state index contributed by atoms with van der Waals surface area (Å²) in [5.74, 6) is 0.535. The molecule has 0 aromatic carbocycles. The van der Waals surface area contributed by atoms with E-state index < -0.39 is 10.0 Å². The van der Waals surface area contributed by atoms with Gasteiger partial charge in [-0.1, -0.05) is 13.3 Å². The first kappa shape index (κ1) is 17.4. The fourth-order valence-corrected chi connectivity index (χ4v) is 6.20. The molecule has 0 saturated heterocycles. The minimum absolute atomic E-state index is 0.405. The molecule has 1 heterocycles. The molecule has 0 radical (unpaired) electrons. The summed E-state index contributed by atoms with van der Waals surface area (Å²) in [5.41, 5.74) is 0. The van der Waals surface area contributed by atoms with Crippen LogP contribution < -0.4 is 5.32 Å². The standard InChI is InChI=1S/C14H23BrN2O2S2/c1-3-7-16-9-12-8-13(14(15)20-12)21(18,19)17(2)10-11-5-4-6-11/h8,11,16H,3-7,9-10H2,1-2H3. The van der Waals surface area contributed by atoms with Crippen LogP contribution in [0.5, 0.6) is 0 Å². The molecule has 1 aromatic heterocycles. The Morgan fingerprint density at radius 3 is 2.76 bits per heavy atom. The molecule has 0 aliphatic heterocycles. The molecule has 1 aliphatic rings. The number of hydrogen-bond acceptors (Lipinski definition) is 4. The molecule has 120 valence electrons. The van der Waals surface area contributed by atoms with Crippen molar-refractivity contribution in [3.8, 4) is 0 Å². The Labute approximate surface area is 140 Å². The van der Waals surface area contributed by atoms with E-state index in [9.17, 15) is 8.42 Å². The van der Waals surface area contributed by atoms with Crippen molar-refractivity contribution in [1.82, 2.24) is 9.62 Å². The second kappa shape index (κ2) is 7.55. The molecule has 2 rings (SSSR count). The Morgan fingerprint density at radius 1 is 1.48 bits per heavy atom. The Bertz CT molecular complexity index is 568. The van der Waals surface area contributed by atoms with Gasteiger partial charge in [0.15, 0.2) is 0 Å². The van der Waals surface area contributed by atoms with Crippen LogP contribution in [0.2, 0.25) is 0 Å². The molecular formula is C14H23BrN2O2S2. The lowest BCUT2D eigenvalue weighted by molar-refractivity contribution is 0.263. The van der Waals surface area contributed by atoms with Gasteiger partial charge >= 0.3 is 0 Å². The maximum Gasteiger partial charge on any atom is 0.244 e. The number of sulfonamides is 1. The summed E-state index contributed by atoms with van der Waals surface area (Å²) in [4.78, 5) is 1.45. The lowest BCUT2D eigenvalue weighted by Gasteiger charge is -2.29. The molecule has 0 bridgehead atoms. The molecule has 1 fully saturated rings. The molecule has 1 aliphatic carbocycles. The van der Waals surface area contributed by atoms with Crippen molar-refractivity contribution < 1.29 is 8.42 Å². The van der Waals surface area contributed by atoms with Gasteiger partial charge in [0.1, 0.15) is 4.90 Å². The number of hydrogen-bond donors (Lipinski definition) is 1. The Hall–Kier alpha value is 0.0500. The van der Waals surface area contributed by atoms with E-state index in [-0.39, 0.29) is 0 Å². The maximum atomic E-state index is 12.7. The van der Waals surface area contributed by atoms with E-state index in [1.165, 1.54) is 22.1 Å². The quantitative estimate of drug-likeness (QED) is 0.686. The van der Waals surface area contributed by atoms with Crippen molar-refractivity contribution in [2.45, 2.75) is 44.0 Å². The average Bonchev–Trinajstić information content (AvgIpc) is 2.75. The summed E-state index contributed by atoms with van der Waals surface area (Å²) < 4.78 is 27.5. The number of halogens is 1. The van der Waals surface area contributed by atoms with Crippen molar-refractivity contribution in [1.29, 1.82) is 0 Å². The zero-order valence-electron chi connectivity index (χ0n) is 12.6. The third-order valence-electron chi connectivity index (χ3n) is 3.86. The van der Waals surface area contributed by atoms with E-state index in [4.69, 9.17) is 0 Å². The third kappa shape index (κ3) is 4.28. The summed E-state index contributed by atoms with van der Waals surface area (Å²) in [6, 6.07) is 1.80. The highest BCUT2D eigenvalue weighted by atomic mass is 79.9. The van der Waals surface area contributed by atoms with Gasteiger partial charge in [0, 0.05) is 25.0 Å². The second-order valence-electron chi connectivity index (χ2n) is 5.61. The minimum atomic E-state index is -3.38. The van der Waals surface area contributed by atoms with Gasteiger partial charge in [0.25, 0.3) is 0 Å². The number of nitrogens with zero attached hydrogens (tertiary/aromatic N) is 1. The van der Waals surface area contributed by atoms with Gasteiger partial charge in [0.2, 0.25) is 10.0 Å². The monoisotopic (exact) mass is 394 g/mol. The molecule has 1 aromatic rings. The molecule has 0 amide bonds. The summed E-state index contributed by atoms with van der Waals surface area (Å²) in [6.07, 6.45) is 4.60. The van der Waals surface area contributed by atoms with Crippen LogP contribution in [0.25, 0.3) is 0 Å². The lowest BCUT2D eigenvalue weighted by atomic mass is 9.86. The van der Waals surface area contributed by atoms with Gasteiger partial charge in [-0.15, -0.1) is 11.3 Å². The van der Waals surface area contributed by atoms with E-state index in [2.05, 4.69) is 28.2 Å². The predicted octanol–water partition coefficient (Wildman–Crippen LogP) is 3.43. The van der Waals surface area contributed by atoms with E-state index in [1.54, 1.807) is 13.1 Å². The van der Waals surface area contributed by atoms with Gasteiger partial charge < -0.3 is 5.32 Å². The molecular weight excluding hydrogens is 372 g/mol. The zero-order chi connectivity index (χ0) is 15.5. The summed E-state index contributed by atoms with van der Waals surface area (Å²) in [7, 11) is -1.69. The molecule has 1 N–H and O–H groups in total. The van der Waals surface area contributed by atoms with Gasteiger partial charge in [-0.2, -0.15) is 0 Å². The summed E-state index contributed by atoms with van der Waals surface area (Å²) in [5, 5.41) is 3.30. The van der Waals surface area contributed by atoms with Crippen molar-refractivity contribution in [3.63, 3.8) is 0 Å². The van der Waals surface area contributed by atoms with Crippen LogP contribution in [0, 0.1) is 5.92 Å². The first-order valence-corrected chi connectivity index (χ1v) is 10.5. The largest absolute Gasteiger partial charge is 0.312 e. The van der Waals surface area contributed by atoms with Crippen LogP contribution in [0.15, 0.2) is 14.7 Å². The number of thiophene rings is 1. The van der Waals surface area contributed by atoms with Crippen molar-refractivity contribution in [2.24, 2.45) is 5.92 Å². The van der Waals surface area contributed by atoms with Crippen molar-refractivity contribution in [3.05, 3.63) is 14.7 Å². The highest BCUT2D eigenvalue weighted by molar-refractivity contribution is 9.11. The highest BCUT2D eigenvalue weighted by Crippen LogP contribution is 2.34. The maximum absolute atomic E-state index is 12.7. The topological polar surface area (TPSA) is 49.4 Å². The summed E-state index contributed by atoms with van der Waals surface area (Å²) in [6.45, 7) is 4.41. The van der Waals surface area contributed by atoms with E-state index in [0.717, 1.165) is 37.2 Å². The van der Waals surface area contributed by atoms with E-state index in [0.29, 0.717) is 21.1 Å². The Kier molecular flexibility index (Phi) is 6.25. The Morgan fingerprint density at radius 2 is 2.19 bits per heavy atom. The third-order valence-corrected chi connectivity index (χ3v) is 7.94. The normalized spacial score (nSPS) is 16.4. The predicted molar refractivity (Wildman–Crippen MR) is 91.2 cm³/mol. The van der Waals surface area contributed by atoms with Gasteiger partial charge in [-0.3, -0.25) is 0 Å². The van der Waals surface area contributed by atoms with Crippen LogP contribution in [0.1, 0.15) is 37.5 Å². The van der Waals surface area contributed by atoms with Crippen LogP contribution in [-0.2, 0) is 16.6 Å². The molecule has 7 heteroatoms. The van der Waals surface area contributed by atoms with Gasteiger partial charge in [0.05, 0.1) is 3.79 Å². The zero-order valence-corrected chi connectivity index (χ0v) is 15.8. The molecule has 4 nitrogen and oxygen atoms in total. The van der Waals surface area contributed by atoms with Crippen LogP contribution in [-0.4, -0.2) is 32.9 Å². The Balaban J connectivity index is 2.07. The first-order chi connectivity index (χ1) is 9.95. The average molecular weight is 395 g/mol. The number of nitrogens with one attached hydrogen (secondary N) is 1. The van der Waals surface area contributed by atoms with E-state index in [1.807, 2.05) is 0 Å². The molecule has 0 atom stereocenters. The van der Waals surface area contributed by atoms with Gasteiger partial charge in [-0.05, 0) is 53.7 Å². The van der Waals surface area contributed by atoms with Crippen LogP contribution in [0.4, 0.5) is 0 Å². The van der Waals surface area contributed by atoms with Gasteiger partial charge in [-0.25, -0.2) is 12.7 Å². The first-order valence-electron chi connectivity index (χ1n) is 7.40. The molecule has 1 saturated carbocycles. The fourth-order valence-electron chi connectivity index (χ4n) is 2.35. The molecule has 0 unspecified atom stereocenters. The minimum Gasteiger partial charge on any atom is -0.312 e. The molecule has 21 heavy (non-hydrogen) atoms. The SMILES string of the molecule is CCCNCc1cc(S(=O)(=O)N(C)CC2CCC2)c(Br)s1. The molecule has 0 spiro atoms. The van der Waals surface area contributed by atoms with Crippen molar-refractivity contribution in [2.75, 3.05) is 20.1 Å². The lowest BCUT2D eigenvalue weighted by Crippen LogP contribution is -2.34. The van der Waals surface area contributed by atoms with Crippen molar-refractivity contribution >= 4 is 37.3 Å². The van der Waals surface area contributed by atoms with Crippen LogP contribution in [0.3, 0.4) is 0 Å². The van der Waals surface area contributed by atoms with E-state index >= 15 is 0 Å². The fraction of sp³-hybridized carbons (Fsp3) is 0.714. The second-order valence-corrected chi connectivity index (χ2v) is 10.1. The summed E-state index contributed by atoms with van der Waals surface area (Å²) >= 11 is 4.91. The highest BCUT2D eigenvalue weighted by Gasteiger charge is 2.29. The van der Waals surface area contributed by atoms with Crippen LogP contribution >= 0.6 is 27.3 Å². The smallest absolute Gasteiger partial charge is 0.244 e.